The van der Waals surface area contributed by atoms with E-state index in [-0.39, 0.29) is 0 Å². The van der Waals surface area contributed by atoms with Crippen LogP contribution in [0.3, 0.4) is 0 Å². The molecule has 0 N–H and O–H groups in total. The quantitative estimate of drug-likeness (QED) is 0.232. The molecule has 0 unspecified atom stereocenters. The normalized spacial score (nSPS) is 9.83. The molecule has 6 nitrogen and oxygen atoms in total. The van der Waals surface area contributed by atoms with E-state index in [1.807, 2.05) is 65.6 Å². The first-order valence-electron chi connectivity index (χ1n) is 12.5. The van der Waals surface area contributed by atoms with Crippen LogP contribution in [-0.4, -0.2) is 0 Å². The Morgan fingerprint density at radius 1 is 0.317 bits per heavy atom. The van der Waals surface area contributed by atoms with E-state index < -0.39 is 0 Å². The maximum absolute atomic E-state index is 9.37. The lowest BCUT2D eigenvalue weighted by atomic mass is 9.99. The number of hydrogen-bond donors (Lipinski definition) is 0. The highest BCUT2D eigenvalue weighted by Crippen LogP contribution is 2.37. The number of nitriles is 5. The standard InChI is InChI=1S/C35H18N6/c36-19-24-1-7-33(8-2-24)41(34-9-3-29(4-10-34)31-15-25(20-37)13-26(16-31)21-38)35-11-5-30(6-12-35)32-17-27(22-39)14-28(18-32)23-40/h1-18H. The number of rotatable bonds is 5. The zero-order chi connectivity index (χ0) is 28.8. The summed E-state index contributed by atoms with van der Waals surface area (Å²) in [5.41, 5.74) is 8.09. The highest BCUT2D eigenvalue weighted by molar-refractivity contribution is 5.80. The molecule has 41 heavy (non-hydrogen) atoms. The van der Waals surface area contributed by atoms with Gasteiger partial charge in [0.15, 0.2) is 0 Å². The first kappa shape index (κ1) is 26.0. The van der Waals surface area contributed by atoms with Crippen LogP contribution in [0.4, 0.5) is 17.1 Å². The van der Waals surface area contributed by atoms with E-state index in [9.17, 15) is 26.3 Å². The van der Waals surface area contributed by atoms with Crippen molar-refractivity contribution >= 4 is 17.1 Å². The Hall–Kier alpha value is -6.65. The van der Waals surface area contributed by atoms with Gasteiger partial charge in [0.1, 0.15) is 0 Å². The average Bonchev–Trinajstić information content (AvgIpc) is 3.05. The van der Waals surface area contributed by atoms with Crippen LogP contribution in [0.15, 0.2) is 109 Å². The van der Waals surface area contributed by atoms with Gasteiger partial charge < -0.3 is 4.90 Å². The molecule has 0 aliphatic rings. The lowest BCUT2D eigenvalue weighted by Gasteiger charge is -2.26. The van der Waals surface area contributed by atoms with Gasteiger partial charge in [-0.2, -0.15) is 26.3 Å². The smallest absolute Gasteiger partial charge is 0.0992 e. The Morgan fingerprint density at radius 2 is 0.610 bits per heavy atom. The summed E-state index contributed by atoms with van der Waals surface area (Å²) in [6, 6.07) is 43.6. The molecule has 0 aromatic heterocycles. The Bertz CT molecular complexity index is 1790. The van der Waals surface area contributed by atoms with E-state index >= 15 is 0 Å². The summed E-state index contributed by atoms with van der Waals surface area (Å²) in [5, 5.41) is 46.7. The summed E-state index contributed by atoms with van der Waals surface area (Å²) < 4.78 is 0. The SMILES string of the molecule is N#Cc1ccc(N(c2ccc(-c3cc(C#N)cc(C#N)c3)cc2)c2ccc(-c3cc(C#N)cc(C#N)c3)cc2)cc1. The largest absolute Gasteiger partial charge is 0.311 e. The van der Waals surface area contributed by atoms with Crippen LogP contribution in [-0.2, 0) is 0 Å². The van der Waals surface area contributed by atoms with Gasteiger partial charge in [0, 0.05) is 17.1 Å². The molecule has 0 amide bonds. The number of nitrogens with zero attached hydrogens (tertiary/aromatic N) is 6. The third-order valence-electron chi connectivity index (χ3n) is 6.55. The molecule has 0 aliphatic heterocycles. The fourth-order valence-electron chi connectivity index (χ4n) is 4.58. The molecule has 5 rings (SSSR count). The minimum Gasteiger partial charge on any atom is -0.311 e. The van der Waals surface area contributed by atoms with Crippen molar-refractivity contribution in [2.45, 2.75) is 0 Å². The Morgan fingerprint density at radius 3 is 0.902 bits per heavy atom. The van der Waals surface area contributed by atoms with Crippen LogP contribution >= 0.6 is 0 Å². The molecule has 0 fully saturated rings. The van der Waals surface area contributed by atoms with Crippen molar-refractivity contribution < 1.29 is 0 Å². The summed E-state index contributed by atoms with van der Waals surface area (Å²) in [4.78, 5) is 2.05. The van der Waals surface area contributed by atoms with Crippen LogP contribution in [0.5, 0.6) is 0 Å². The fourth-order valence-corrected chi connectivity index (χ4v) is 4.58. The zero-order valence-corrected chi connectivity index (χ0v) is 21.6. The van der Waals surface area contributed by atoms with Gasteiger partial charge in [-0.05, 0) is 107 Å². The summed E-state index contributed by atoms with van der Waals surface area (Å²) in [7, 11) is 0. The predicted molar refractivity (Wildman–Crippen MR) is 156 cm³/mol. The van der Waals surface area contributed by atoms with Crippen LogP contribution in [0.25, 0.3) is 22.3 Å². The van der Waals surface area contributed by atoms with Gasteiger partial charge in [-0.15, -0.1) is 0 Å². The summed E-state index contributed by atoms with van der Waals surface area (Å²) in [6.07, 6.45) is 0. The molecule has 5 aromatic carbocycles. The lowest BCUT2D eigenvalue weighted by molar-refractivity contribution is 1.28. The van der Waals surface area contributed by atoms with Crippen molar-refractivity contribution in [2.24, 2.45) is 0 Å². The van der Waals surface area contributed by atoms with Gasteiger partial charge >= 0.3 is 0 Å². The molecule has 0 aliphatic carbocycles. The molecule has 0 saturated heterocycles. The predicted octanol–water partition coefficient (Wildman–Crippen LogP) is 7.85. The molecule has 0 saturated carbocycles. The van der Waals surface area contributed by atoms with Crippen molar-refractivity contribution in [2.75, 3.05) is 4.90 Å². The molecule has 6 heteroatoms. The average molecular weight is 523 g/mol. The summed E-state index contributed by atoms with van der Waals surface area (Å²) in [5.74, 6) is 0. The van der Waals surface area contributed by atoms with E-state index in [1.165, 1.54) is 0 Å². The van der Waals surface area contributed by atoms with Gasteiger partial charge in [-0.25, -0.2) is 0 Å². The summed E-state index contributed by atoms with van der Waals surface area (Å²) in [6.45, 7) is 0. The van der Waals surface area contributed by atoms with Gasteiger partial charge in [-0.1, -0.05) is 24.3 Å². The van der Waals surface area contributed by atoms with Crippen molar-refractivity contribution in [3.63, 3.8) is 0 Å². The van der Waals surface area contributed by atoms with Crippen molar-refractivity contribution in [1.82, 2.24) is 0 Å². The molecule has 0 radical (unpaired) electrons. The van der Waals surface area contributed by atoms with E-state index in [0.717, 1.165) is 39.3 Å². The zero-order valence-electron chi connectivity index (χ0n) is 21.6. The first-order valence-corrected chi connectivity index (χ1v) is 12.5. The van der Waals surface area contributed by atoms with Crippen molar-refractivity contribution in [3.05, 3.63) is 137 Å². The Balaban J connectivity index is 1.56. The first-order chi connectivity index (χ1) is 20.0. The van der Waals surface area contributed by atoms with Crippen LogP contribution in [0.1, 0.15) is 27.8 Å². The number of anilines is 3. The fraction of sp³-hybridized carbons (Fsp3) is 0. The minimum atomic E-state index is 0.421. The lowest BCUT2D eigenvalue weighted by Crippen LogP contribution is -2.09. The molecule has 0 spiro atoms. The van der Waals surface area contributed by atoms with E-state index in [0.29, 0.717) is 27.8 Å². The van der Waals surface area contributed by atoms with Crippen LogP contribution in [0, 0.1) is 56.7 Å². The second-order valence-corrected chi connectivity index (χ2v) is 9.13. The highest BCUT2D eigenvalue weighted by atomic mass is 15.1. The van der Waals surface area contributed by atoms with Crippen molar-refractivity contribution in [3.8, 4) is 52.6 Å². The Kier molecular flexibility index (Phi) is 7.22. The van der Waals surface area contributed by atoms with Gasteiger partial charge in [-0.3, -0.25) is 0 Å². The maximum atomic E-state index is 9.37. The van der Waals surface area contributed by atoms with Crippen LogP contribution in [0.2, 0.25) is 0 Å². The Labute approximate surface area is 237 Å². The maximum Gasteiger partial charge on any atom is 0.0992 e. The third kappa shape index (κ3) is 5.48. The molecule has 5 aromatic rings. The second kappa shape index (κ2) is 11.4. The molecule has 0 atom stereocenters. The van der Waals surface area contributed by atoms with Crippen molar-refractivity contribution in [1.29, 1.82) is 26.3 Å². The highest BCUT2D eigenvalue weighted by Gasteiger charge is 2.14. The van der Waals surface area contributed by atoms with E-state index in [2.05, 4.69) is 30.3 Å². The van der Waals surface area contributed by atoms with Gasteiger partial charge in [0.2, 0.25) is 0 Å². The third-order valence-corrected chi connectivity index (χ3v) is 6.55. The monoisotopic (exact) mass is 522 g/mol. The van der Waals surface area contributed by atoms with Crippen LogP contribution < -0.4 is 4.90 Å². The minimum absolute atomic E-state index is 0.421. The van der Waals surface area contributed by atoms with E-state index in [1.54, 1.807) is 48.5 Å². The molecule has 0 heterocycles. The van der Waals surface area contributed by atoms with E-state index in [4.69, 9.17) is 0 Å². The summed E-state index contributed by atoms with van der Waals surface area (Å²) >= 11 is 0. The second-order valence-electron chi connectivity index (χ2n) is 9.13. The molecular weight excluding hydrogens is 504 g/mol. The molecule has 0 bridgehead atoms. The number of benzene rings is 5. The molecule has 188 valence electrons. The topological polar surface area (TPSA) is 122 Å². The number of hydrogen-bond acceptors (Lipinski definition) is 6. The molecular formula is C35H18N6. The van der Waals surface area contributed by atoms with Gasteiger partial charge in [0.05, 0.1) is 58.2 Å². The van der Waals surface area contributed by atoms with Gasteiger partial charge in [0.25, 0.3) is 0 Å².